The molecule has 3 rings (SSSR count). The van der Waals surface area contributed by atoms with Crippen molar-refractivity contribution in [3.8, 4) is 11.3 Å². The van der Waals surface area contributed by atoms with Crippen molar-refractivity contribution in [2.45, 2.75) is 32.2 Å². The van der Waals surface area contributed by atoms with Crippen LogP contribution in [-0.4, -0.2) is 58.0 Å². The Bertz CT molecular complexity index is 627. The third-order valence-electron chi connectivity index (χ3n) is 4.44. The van der Waals surface area contributed by atoms with Crippen molar-refractivity contribution in [2.24, 2.45) is 0 Å². The van der Waals surface area contributed by atoms with E-state index in [0.717, 1.165) is 49.7 Å². The number of rotatable bonds is 6. The summed E-state index contributed by atoms with van der Waals surface area (Å²) in [5.74, 6) is 0.453. The van der Waals surface area contributed by atoms with E-state index in [1.807, 2.05) is 29.5 Å². The summed E-state index contributed by atoms with van der Waals surface area (Å²) >= 11 is 0. The Hall–Kier alpha value is -1.79. The van der Waals surface area contributed by atoms with Crippen molar-refractivity contribution in [1.29, 1.82) is 0 Å². The Morgan fingerprint density at radius 1 is 1.30 bits per heavy atom. The van der Waals surface area contributed by atoms with Crippen LogP contribution in [0.2, 0.25) is 0 Å². The van der Waals surface area contributed by atoms with E-state index >= 15 is 0 Å². The fourth-order valence-corrected chi connectivity index (χ4v) is 3.11. The summed E-state index contributed by atoms with van der Waals surface area (Å²) in [5, 5.41) is 4.33. The average Bonchev–Trinajstić information content (AvgIpc) is 3.09. The van der Waals surface area contributed by atoms with Crippen LogP contribution in [0, 0.1) is 0 Å². The number of piperidine rings is 1. The Balaban J connectivity index is 1.73. The molecule has 1 aliphatic rings. The molecule has 0 N–H and O–H groups in total. The van der Waals surface area contributed by atoms with Gasteiger partial charge in [-0.25, -0.2) is 4.98 Å². The van der Waals surface area contributed by atoms with Gasteiger partial charge in [-0.3, -0.25) is 9.67 Å². The smallest absolute Gasteiger partial charge is 0.0920 e. The Kier molecular flexibility index (Phi) is 5.35. The molecule has 6 nitrogen and oxygen atoms in total. The second-order valence-corrected chi connectivity index (χ2v) is 6.05. The maximum Gasteiger partial charge on any atom is 0.0920 e. The fourth-order valence-electron chi connectivity index (χ4n) is 3.11. The van der Waals surface area contributed by atoms with Crippen molar-refractivity contribution in [3.05, 3.63) is 30.5 Å². The number of hydrogen-bond acceptors (Lipinski definition) is 5. The van der Waals surface area contributed by atoms with Crippen molar-refractivity contribution >= 4 is 0 Å². The van der Waals surface area contributed by atoms with Crippen molar-refractivity contribution in [2.75, 3.05) is 33.4 Å². The van der Waals surface area contributed by atoms with Gasteiger partial charge in [-0.05, 0) is 26.3 Å². The number of likely N-dealkylation sites (tertiary alicyclic amines) is 1. The van der Waals surface area contributed by atoms with Crippen LogP contribution < -0.4 is 0 Å². The third kappa shape index (κ3) is 3.95. The number of hydrogen-bond donors (Lipinski definition) is 0. The highest BCUT2D eigenvalue weighted by molar-refractivity contribution is 5.55. The molecule has 23 heavy (non-hydrogen) atoms. The van der Waals surface area contributed by atoms with E-state index < -0.39 is 0 Å². The summed E-state index contributed by atoms with van der Waals surface area (Å²) in [4.78, 5) is 11.7. The molecule has 1 atom stereocenters. The van der Waals surface area contributed by atoms with E-state index in [1.54, 1.807) is 7.11 Å². The van der Waals surface area contributed by atoms with Crippen LogP contribution in [-0.2, 0) is 11.3 Å². The van der Waals surface area contributed by atoms with Crippen LogP contribution in [0.25, 0.3) is 11.3 Å². The van der Waals surface area contributed by atoms with Gasteiger partial charge < -0.3 is 9.64 Å². The number of methoxy groups -OCH3 is 1. The number of ether oxygens (including phenoxy) is 1. The molecule has 3 heterocycles. The molecule has 0 amide bonds. The normalized spacial score (nSPS) is 19.1. The zero-order valence-electron chi connectivity index (χ0n) is 14.0. The van der Waals surface area contributed by atoms with Crippen LogP contribution in [0.4, 0.5) is 0 Å². The first-order chi connectivity index (χ1) is 11.3. The quantitative estimate of drug-likeness (QED) is 0.818. The van der Waals surface area contributed by atoms with Gasteiger partial charge >= 0.3 is 0 Å². The largest absolute Gasteiger partial charge is 0.383 e. The Morgan fingerprint density at radius 3 is 3.00 bits per heavy atom. The number of aromatic nitrogens is 4. The second kappa shape index (κ2) is 7.66. The lowest BCUT2D eigenvalue weighted by Gasteiger charge is -2.32. The van der Waals surface area contributed by atoms with Crippen LogP contribution in [0.3, 0.4) is 0 Å². The Labute approximate surface area is 137 Å². The van der Waals surface area contributed by atoms with E-state index in [2.05, 4.69) is 21.9 Å². The molecule has 0 aliphatic carbocycles. The molecule has 0 aromatic carbocycles. The van der Waals surface area contributed by atoms with Gasteiger partial charge in [0.1, 0.15) is 0 Å². The minimum Gasteiger partial charge on any atom is -0.383 e. The lowest BCUT2D eigenvalue weighted by Crippen LogP contribution is -2.36. The minimum atomic E-state index is 0.453. The first-order valence-electron chi connectivity index (χ1n) is 8.36. The van der Waals surface area contributed by atoms with Crippen LogP contribution >= 0.6 is 0 Å². The van der Waals surface area contributed by atoms with E-state index in [1.165, 1.54) is 12.8 Å². The van der Waals surface area contributed by atoms with E-state index in [4.69, 9.17) is 9.72 Å². The summed E-state index contributed by atoms with van der Waals surface area (Å²) in [7, 11) is 1.76. The molecule has 124 valence electrons. The van der Waals surface area contributed by atoms with Gasteiger partial charge in [-0.15, -0.1) is 0 Å². The van der Waals surface area contributed by atoms with Crippen molar-refractivity contribution < 1.29 is 4.74 Å². The van der Waals surface area contributed by atoms with Gasteiger partial charge in [0.2, 0.25) is 0 Å². The topological polar surface area (TPSA) is 56.1 Å². The molecule has 6 heteroatoms. The lowest BCUT2D eigenvalue weighted by atomic mass is 9.95. The van der Waals surface area contributed by atoms with Crippen LogP contribution in [0.5, 0.6) is 0 Å². The summed E-state index contributed by atoms with van der Waals surface area (Å²) < 4.78 is 7.11. The van der Waals surface area contributed by atoms with Gasteiger partial charge in [0, 0.05) is 50.6 Å². The molecule has 1 aliphatic heterocycles. The van der Waals surface area contributed by atoms with Gasteiger partial charge in [0.15, 0.2) is 0 Å². The average molecular weight is 315 g/mol. The second-order valence-electron chi connectivity index (χ2n) is 6.05. The molecule has 0 saturated carbocycles. The summed E-state index contributed by atoms with van der Waals surface area (Å²) in [6.45, 7) is 6.91. The molecular weight excluding hydrogens is 290 g/mol. The first kappa shape index (κ1) is 16.1. The zero-order chi connectivity index (χ0) is 16.1. The van der Waals surface area contributed by atoms with Gasteiger partial charge in [-0.1, -0.05) is 0 Å². The van der Waals surface area contributed by atoms with E-state index in [0.29, 0.717) is 5.92 Å². The molecule has 2 aromatic rings. The fraction of sp³-hybridized carbons (Fsp3) is 0.588. The van der Waals surface area contributed by atoms with Crippen molar-refractivity contribution in [3.63, 3.8) is 0 Å². The first-order valence-corrected chi connectivity index (χ1v) is 8.36. The lowest BCUT2D eigenvalue weighted by molar-refractivity contribution is 0.127. The molecule has 0 unspecified atom stereocenters. The maximum atomic E-state index is 5.20. The third-order valence-corrected chi connectivity index (χ3v) is 4.44. The highest BCUT2D eigenvalue weighted by Gasteiger charge is 2.22. The zero-order valence-corrected chi connectivity index (χ0v) is 14.0. The van der Waals surface area contributed by atoms with E-state index in [9.17, 15) is 0 Å². The van der Waals surface area contributed by atoms with Gasteiger partial charge in [0.25, 0.3) is 0 Å². The highest BCUT2D eigenvalue weighted by atomic mass is 16.5. The molecule has 0 radical (unpaired) electrons. The van der Waals surface area contributed by atoms with Crippen molar-refractivity contribution in [1.82, 2.24) is 24.6 Å². The summed E-state index contributed by atoms with van der Waals surface area (Å²) in [6.07, 6.45) is 10.0. The summed E-state index contributed by atoms with van der Waals surface area (Å²) in [5.41, 5.74) is 3.04. The molecular formula is C17H25N5O. The number of nitrogens with zero attached hydrogens (tertiary/aromatic N) is 5. The predicted octanol–water partition coefficient (Wildman–Crippen LogP) is 2.19. The molecule has 2 aromatic heterocycles. The SMILES string of the molecule is CCn1cc(-c2cncc([C@@H]3CCCN(CCOC)C3)n2)cn1. The molecule has 0 spiro atoms. The maximum absolute atomic E-state index is 5.20. The van der Waals surface area contributed by atoms with Crippen LogP contribution in [0.1, 0.15) is 31.4 Å². The summed E-state index contributed by atoms with van der Waals surface area (Å²) in [6, 6.07) is 0. The molecule has 1 saturated heterocycles. The standard InChI is InChI=1S/C17H25N5O/c1-3-22-13-15(9-19-22)17-11-18-10-16(20-17)14-5-4-6-21(12-14)7-8-23-2/h9-11,13-14H,3-8,12H2,1-2H3/t14-/m1/s1. The van der Waals surface area contributed by atoms with E-state index in [-0.39, 0.29) is 0 Å². The van der Waals surface area contributed by atoms with Gasteiger partial charge in [-0.2, -0.15) is 5.10 Å². The predicted molar refractivity (Wildman–Crippen MR) is 89.2 cm³/mol. The monoisotopic (exact) mass is 315 g/mol. The van der Waals surface area contributed by atoms with Crippen LogP contribution in [0.15, 0.2) is 24.8 Å². The molecule has 1 fully saturated rings. The molecule has 0 bridgehead atoms. The number of aryl methyl sites for hydroxylation is 1. The Morgan fingerprint density at radius 2 is 2.22 bits per heavy atom. The minimum absolute atomic E-state index is 0.453. The highest BCUT2D eigenvalue weighted by Crippen LogP contribution is 2.26. The van der Waals surface area contributed by atoms with Gasteiger partial charge in [0.05, 0.1) is 30.4 Å².